The standard InChI is InChI=1S/C14H19N3O5.ClH/c1-21-13-8-11(2-3-12(13)17(19)20)22-9-14(18)16-10-4-6-15-7-5-10;/h2-3,8,10,15H,4-7,9H2,1H3,(H,16,18);1H. The van der Waals surface area contributed by atoms with Crippen LogP contribution in [0.15, 0.2) is 18.2 Å². The topological polar surface area (TPSA) is 103 Å². The zero-order chi connectivity index (χ0) is 15.9. The van der Waals surface area contributed by atoms with Crippen LogP contribution in [0.5, 0.6) is 11.5 Å². The van der Waals surface area contributed by atoms with Gasteiger partial charge < -0.3 is 20.1 Å². The van der Waals surface area contributed by atoms with Gasteiger partial charge in [0.05, 0.1) is 12.0 Å². The largest absolute Gasteiger partial charge is 0.490 e. The maximum Gasteiger partial charge on any atom is 0.311 e. The molecule has 0 radical (unpaired) electrons. The minimum atomic E-state index is -0.535. The van der Waals surface area contributed by atoms with Crippen LogP contribution in [0.2, 0.25) is 0 Å². The SMILES string of the molecule is COc1cc(OCC(=O)NC2CCNCC2)ccc1[N+](=O)[O-].Cl. The van der Waals surface area contributed by atoms with Crippen LogP contribution in [-0.2, 0) is 4.79 Å². The lowest BCUT2D eigenvalue weighted by molar-refractivity contribution is -0.385. The van der Waals surface area contributed by atoms with Crippen LogP contribution in [0.1, 0.15) is 12.8 Å². The van der Waals surface area contributed by atoms with Crippen LogP contribution in [0.3, 0.4) is 0 Å². The van der Waals surface area contributed by atoms with Gasteiger partial charge in [0, 0.05) is 18.2 Å². The van der Waals surface area contributed by atoms with Gasteiger partial charge >= 0.3 is 5.69 Å². The molecule has 1 amide bonds. The van der Waals surface area contributed by atoms with Crippen LogP contribution < -0.4 is 20.1 Å². The Morgan fingerprint density at radius 2 is 2.13 bits per heavy atom. The molecule has 8 nitrogen and oxygen atoms in total. The van der Waals surface area contributed by atoms with Gasteiger partial charge in [0.15, 0.2) is 6.61 Å². The van der Waals surface area contributed by atoms with E-state index in [1.54, 1.807) is 0 Å². The molecule has 1 heterocycles. The molecule has 1 fully saturated rings. The minimum absolute atomic E-state index is 0. The summed E-state index contributed by atoms with van der Waals surface area (Å²) in [6, 6.07) is 4.30. The highest BCUT2D eigenvalue weighted by molar-refractivity contribution is 5.85. The fourth-order valence-corrected chi connectivity index (χ4v) is 2.28. The first kappa shape index (κ1) is 19.0. The summed E-state index contributed by atoms with van der Waals surface area (Å²) in [6.07, 6.45) is 1.80. The monoisotopic (exact) mass is 345 g/mol. The van der Waals surface area contributed by atoms with E-state index >= 15 is 0 Å². The molecule has 0 saturated carbocycles. The average Bonchev–Trinajstić information content (AvgIpc) is 2.53. The number of nitrogens with zero attached hydrogens (tertiary/aromatic N) is 1. The molecule has 0 bridgehead atoms. The Kier molecular flexibility index (Phi) is 7.56. The van der Waals surface area contributed by atoms with Crippen LogP contribution >= 0.6 is 12.4 Å². The number of ether oxygens (including phenoxy) is 2. The van der Waals surface area contributed by atoms with E-state index in [0.29, 0.717) is 5.75 Å². The molecular formula is C14H20ClN3O5. The van der Waals surface area contributed by atoms with Crippen LogP contribution in [0.25, 0.3) is 0 Å². The molecule has 0 aliphatic carbocycles. The Hall–Kier alpha value is -2.06. The van der Waals surface area contributed by atoms with Crippen molar-refractivity contribution in [2.24, 2.45) is 0 Å². The lowest BCUT2D eigenvalue weighted by atomic mass is 10.1. The fourth-order valence-electron chi connectivity index (χ4n) is 2.28. The molecule has 2 rings (SSSR count). The number of rotatable bonds is 6. The van der Waals surface area contributed by atoms with Crippen molar-refractivity contribution in [2.75, 3.05) is 26.8 Å². The van der Waals surface area contributed by atoms with Gasteiger partial charge in [-0.2, -0.15) is 0 Å². The highest BCUT2D eigenvalue weighted by Crippen LogP contribution is 2.30. The Balaban J connectivity index is 0.00000264. The van der Waals surface area contributed by atoms with E-state index < -0.39 is 4.92 Å². The lowest BCUT2D eigenvalue weighted by Crippen LogP contribution is -2.44. The molecule has 2 N–H and O–H groups in total. The van der Waals surface area contributed by atoms with Crippen molar-refractivity contribution < 1.29 is 19.2 Å². The van der Waals surface area contributed by atoms with Gasteiger partial charge in [0.1, 0.15) is 5.75 Å². The summed E-state index contributed by atoms with van der Waals surface area (Å²) in [7, 11) is 1.34. The van der Waals surface area contributed by atoms with E-state index in [-0.39, 0.29) is 42.4 Å². The van der Waals surface area contributed by atoms with E-state index in [1.165, 1.54) is 25.3 Å². The average molecular weight is 346 g/mol. The number of amides is 1. The van der Waals surface area contributed by atoms with Crippen LogP contribution in [0, 0.1) is 10.1 Å². The summed E-state index contributed by atoms with van der Waals surface area (Å²) in [5.74, 6) is 0.244. The Morgan fingerprint density at radius 1 is 1.43 bits per heavy atom. The highest BCUT2D eigenvalue weighted by atomic mass is 35.5. The van der Waals surface area contributed by atoms with Crippen LogP contribution in [0.4, 0.5) is 5.69 Å². The Bertz CT molecular complexity index is 549. The van der Waals surface area contributed by atoms with Crippen molar-refractivity contribution in [3.8, 4) is 11.5 Å². The molecule has 1 aliphatic heterocycles. The number of hydrogen-bond donors (Lipinski definition) is 2. The van der Waals surface area contributed by atoms with Gasteiger partial charge in [0.25, 0.3) is 5.91 Å². The molecular weight excluding hydrogens is 326 g/mol. The van der Waals surface area contributed by atoms with Gasteiger partial charge in [-0.25, -0.2) is 0 Å². The summed E-state index contributed by atoms with van der Waals surface area (Å²) in [5, 5.41) is 16.9. The van der Waals surface area contributed by atoms with Gasteiger partial charge in [-0.15, -0.1) is 12.4 Å². The van der Waals surface area contributed by atoms with Gasteiger partial charge in [-0.1, -0.05) is 0 Å². The first-order valence-corrected chi connectivity index (χ1v) is 7.05. The molecule has 1 aromatic carbocycles. The van der Waals surface area contributed by atoms with Crippen LogP contribution in [-0.4, -0.2) is 43.7 Å². The predicted molar refractivity (Wildman–Crippen MR) is 86.4 cm³/mol. The van der Waals surface area contributed by atoms with E-state index in [4.69, 9.17) is 9.47 Å². The number of halogens is 1. The van der Waals surface area contributed by atoms with Gasteiger partial charge in [-0.3, -0.25) is 14.9 Å². The lowest BCUT2D eigenvalue weighted by Gasteiger charge is -2.23. The third-order valence-electron chi connectivity index (χ3n) is 3.42. The summed E-state index contributed by atoms with van der Waals surface area (Å²) < 4.78 is 10.3. The van der Waals surface area contributed by atoms with E-state index in [2.05, 4.69) is 10.6 Å². The van der Waals surface area contributed by atoms with Crippen molar-refractivity contribution in [2.45, 2.75) is 18.9 Å². The molecule has 9 heteroatoms. The smallest absolute Gasteiger partial charge is 0.311 e. The molecule has 0 atom stereocenters. The van der Waals surface area contributed by atoms with Crippen molar-refractivity contribution in [3.63, 3.8) is 0 Å². The Morgan fingerprint density at radius 3 is 2.74 bits per heavy atom. The van der Waals surface area contributed by atoms with E-state index in [9.17, 15) is 14.9 Å². The number of piperidine rings is 1. The number of carbonyl (C=O) groups excluding carboxylic acids is 1. The number of methoxy groups -OCH3 is 1. The molecule has 0 aromatic heterocycles. The predicted octanol–water partition coefficient (Wildman–Crippen LogP) is 1.27. The Labute approximate surface area is 140 Å². The second-order valence-corrected chi connectivity index (χ2v) is 4.97. The zero-order valence-corrected chi connectivity index (χ0v) is 13.6. The normalized spacial score (nSPS) is 14.5. The zero-order valence-electron chi connectivity index (χ0n) is 12.7. The molecule has 1 saturated heterocycles. The first-order valence-electron chi connectivity index (χ1n) is 7.05. The molecule has 0 unspecified atom stereocenters. The maximum atomic E-state index is 11.8. The summed E-state index contributed by atoms with van der Waals surface area (Å²) in [4.78, 5) is 22.1. The van der Waals surface area contributed by atoms with Crippen molar-refractivity contribution >= 4 is 24.0 Å². The third-order valence-corrected chi connectivity index (χ3v) is 3.42. The maximum absolute atomic E-state index is 11.8. The van der Waals surface area contributed by atoms with E-state index in [1.807, 2.05) is 0 Å². The van der Waals surface area contributed by atoms with Crippen molar-refractivity contribution in [1.82, 2.24) is 10.6 Å². The number of nitro groups is 1. The van der Waals surface area contributed by atoms with Gasteiger partial charge in [0.2, 0.25) is 5.75 Å². The number of nitrogens with one attached hydrogen (secondary N) is 2. The molecule has 0 spiro atoms. The highest BCUT2D eigenvalue weighted by Gasteiger charge is 2.17. The first-order chi connectivity index (χ1) is 10.6. The van der Waals surface area contributed by atoms with Gasteiger partial charge in [-0.05, 0) is 32.0 Å². The fraction of sp³-hybridized carbons (Fsp3) is 0.500. The summed E-state index contributed by atoms with van der Waals surface area (Å²) in [5.41, 5.74) is -0.144. The third kappa shape index (κ3) is 5.57. The van der Waals surface area contributed by atoms with E-state index in [0.717, 1.165) is 25.9 Å². The van der Waals surface area contributed by atoms with Crippen molar-refractivity contribution in [1.29, 1.82) is 0 Å². The summed E-state index contributed by atoms with van der Waals surface area (Å²) in [6.45, 7) is 1.65. The minimum Gasteiger partial charge on any atom is -0.490 e. The molecule has 1 aliphatic rings. The molecule has 128 valence electrons. The molecule has 23 heavy (non-hydrogen) atoms. The molecule has 1 aromatic rings. The quantitative estimate of drug-likeness (QED) is 0.594. The number of nitro benzene ring substituents is 1. The number of benzene rings is 1. The summed E-state index contributed by atoms with van der Waals surface area (Å²) >= 11 is 0. The second-order valence-electron chi connectivity index (χ2n) is 4.97. The van der Waals surface area contributed by atoms with Crippen molar-refractivity contribution in [3.05, 3.63) is 28.3 Å². The second kappa shape index (κ2) is 9.16. The number of carbonyl (C=O) groups is 1. The number of hydrogen-bond acceptors (Lipinski definition) is 6.